The van der Waals surface area contributed by atoms with Crippen molar-refractivity contribution in [2.75, 3.05) is 11.8 Å². The van der Waals surface area contributed by atoms with E-state index in [4.69, 9.17) is 4.74 Å². The number of imidazole rings is 1. The smallest absolute Gasteiger partial charge is 0.265 e. The maximum Gasteiger partial charge on any atom is 0.265 e. The normalized spacial score (nSPS) is 11.6. The number of nitrogens with zero attached hydrogens (tertiary/aromatic N) is 1. The number of nitrogens with one attached hydrogen (secondary N) is 2. The maximum absolute atomic E-state index is 12.8. The fourth-order valence-corrected chi connectivity index (χ4v) is 4.47. The van der Waals surface area contributed by atoms with Crippen molar-refractivity contribution in [2.45, 2.75) is 18.7 Å². The summed E-state index contributed by atoms with van der Waals surface area (Å²) in [7, 11) is -2.33. The third-order valence-electron chi connectivity index (χ3n) is 4.66. The van der Waals surface area contributed by atoms with Crippen LogP contribution in [0, 0.1) is 13.8 Å². The van der Waals surface area contributed by atoms with E-state index in [1.54, 1.807) is 24.3 Å². The fourth-order valence-electron chi connectivity index (χ4n) is 3.16. The van der Waals surface area contributed by atoms with Crippen molar-refractivity contribution < 1.29 is 13.2 Å². The van der Waals surface area contributed by atoms with Gasteiger partial charge in [0.15, 0.2) is 0 Å². The second-order valence-electron chi connectivity index (χ2n) is 6.94. The van der Waals surface area contributed by atoms with Gasteiger partial charge in [0.1, 0.15) is 16.5 Å². The zero-order valence-electron chi connectivity index (χ0n) is 16.4. The Hall–Kier alpha value is -3.32. The minimum absolute atomic E-state index is 0.108. The minimum atomic E-state index is -3.78. The highest BCUT2D eigenvalue weighted by molar-refractivity contribution is 7.92. The molecule has 0 saturated carbocycles. The van der Waals surface area contributed by atoms with Crippen LogP contribution in [-0.2, 0) is 10.0 Å². The lowest BCUT2D eigenvalue weighted by atomic mass is 10.2. The SMILES string of the molecule is COc1ccc(C)cc1S(=O)(=O)Nc1ccc(-c2nc3ccc(C)cc3[nH]2)cc1. The molecule has 0 spiro atoms. The first-order chi connectivity index (χ1) is 13.9. The summed E-state index contributed by atoms with van der Waals surface area (Å²) in [5.74, 6) is 1.04. The van der Waals surface area contributed by atoms with E-state index in [9.17, 15) is 8.42 Å². The van der Waals surface area contributed by atoms with E-state index in [2.05, 4.69) is 14.7 Å². The average Bonchev–Trinajstić information content (AvgIpc) is 3.11. The number of hydrogen-bond donors (Lipinski definition) is 2. The third-order valence-corrected chi connectivity index (χ3v) is 6.06. The first kappa shape index (κ1) is 19.0. The predicted octanol–water partition coefficient (Wildman–Crippen LogP) is 4.66. The van der Waals surface area contributed by atoms with Gasteiger partial charge in [-0.3, -0.25) is 4.72 Å². The number of aryl methyl sites for hydroxylation is 2. The maximum atomic E-state index is 12.8. The second kappa shape index (κ2) is 7.25. The number of aromatic nitrogens is 2. The Balaban J connectivity index is 1.61. The van der Waals surface area contributed by atoms with E-state index in [1.165, 1.54) is 7.11 Å². The number of H-pyrrole nitrogens is 1. The van der Waals surface area contributed by atoms with Crippen LogP contribution >= 0.6 is 0 Å². The molecule has 0 saturated heterocycles. The van der Waals surface area contributed by atoms with Crippen LogP contribution < -0.4 is 9.46 Å². The summed E-state index contributed by atoms with van der Waals surface area (Å²) < 4.78 is 33.5. The van der Waals surface area contributed by atoms with Gasteiger partial charge < -0.3 is 9.72 Å². The van der Waals surface area contributed by atoms with Crippen molar-refractivity contribution in [3.8, 4) is 17.1 Å². The molecule has 4 aromatic rings. The molecule has 0 radical (unpaired) electrons. The summed E-state index contributed by atoms with van der Waals surface area (Å²) >= 11 is 0. The molecule has 148 valence electrons. The molecule has 1 heterocycles. The average molecular weight is 407 g/mol. The number of benzene rings is 3. The number of rotatable bonds is 5. The minimum Gasteiger partial charge on any atom is -0.495 e. The van der Waals surface area contributed by atoms with Gasteiger partial charge in [-0.05, 0) is 73.5 Å². The van der Waals surface area contributed by atoms with Crippen molar-refractivity contribution in [2.24, 2.45) is 0 Å². The molecule has 7 heteroatoms. The second-order valence-corrected chi connectivity index (χ2v) is 8.59. The Kier molecular flexibility index (Phi) is 4.76. The molecule has 0 amide bonds. The number of anilines is 1. The van der Waals surface area contributed by atoms with Crippen LogP contribution in [0.3, 0.4) is 0 Å². The molecule has 0 bridgehead atoms. The number of aromatic amines is 1. The van der Waals surface area contributed by atoms with Gasteiger partial charge in [0, 0.05) is 11.3 Å². The molecule has 0 atom stereocenters. The molecule has 0 aliphatic heterocycles. The fraction of sp³-hybridized carbons (Fsp3) is 0.136. The number of methoxy groups -OCH3 is 1. The first-order valence-electron chi connectivity index (χ1n) is 9.10. The molecule has 1 aromatic heterocycles. The van der Waals surface area contributed by atoms with Gasteiger partial charge >= 0.3 is 0 Å². The number of fused-ring (bicyclic) bond motifs is 1. The third kappa shape index (κ3) is 3.82. The van der Waals surface area contributed by atoms with Crippen molar-refractivity contribution in [3.05, 3.63) is 71.8 Å². The molecule has 29 heavy (non-hydrogen) atoms. The largest absolute Gasteiger partial charge is 0.495 e. The quantitative estimate of drug-likeness (QED) is 0.504. The van der Waals surface area contributed by atoms with Gasteiger partial charge in [-0.15, -0.1) is 0 Å². The van der Waals surface area contributed by atoms with Crippen LogP contribution in [0.25, 0.3) is 22.4 Å². The number of hydrogen-bond acceptors (Lipinski definition) is 4. The monoisotopic (exact) mass is 407 g/mol. The molecular formula is C22H21N3O3S. The van der Waals surface area contributed by atoms with E-state index in [0.717, 1.165) is 33.5 Å². The summed E-state index contributed by atoms with van der Waals surface area (Å²) in [5, 5.41) is 0. The number of sulfonamides is 1. The Morgan fingerprint density at radius 3 is 2.34 bits per heavy atom. The molecule has 2 N–H and O–H groups in total. The van der Waals surface area contributed by atoms with E-state index in [1.807, 2.05) is 50.2 Å². The van der Waals surface area contributed by atoms with Crippen LogP contribution in [0.15, 0.2) is 65.6 Å². The first-order valence-corrected chi connectivity index (χ1v) is 10.6. The van der Waals surface area contributed by atoms with Crippen LogP contribution in [0.1, 0.15) is 11.1 Å². The molecular weight excluding hydrogens is 386 g/mol. The van der Waals surface area contributed by atoms with Crippen LogP contribution in [-0.4, -0.2) is 25.5 Å². The topological polar surface area (TPSA) is 84.1 Å². The summed E-state index contributed by atoms with van der Waals surface area (Å²) in [6.45, 7) is 3.87. The Bertz CT molecular complexity index is 1290. The van der Waals surface area contributed by atoms with E-state index >= 15 is 0 Å². The highest BCUT2D eigenvalue weighted by Gasteiger charge is 2.20. The Morgan fingerprint density at radius 2 is 1.62 bits per heavy atom. The zero-order chi connectivity index (χ0) is 20.6. The van der Waals surface area contributed by atoms with Crippen LogP contribution in [0.5, 0.6) is 5.75 Å². The zero-order valence-corrected chi connectivity index (χ0v) is 17.2. The molecule has 0 aliphatic rings. The van der Waals surface area contributed by atoms with Crippen LogP contribution in [0.4, 0.5) is 5.69 Å². The molecule has 6 nitrogen and oxygen atoms in total. The molecule has 4 rings (SSSR count). The lowest BCUT2D eigenvalue weighted by Gasteiger charge is -2.12. The van der Waals surface area contributed by atoms with E-state index in [0.29, 0.717) is 11.4 Å². The lowest BCUT2D eigenvalue weighted by Crippen LogP contribution is -2.14. The van der Waals surface area contributed by atoms with Crippen molar-refractivity contribution in [3.63, 3.8) is 0 Å². The van der Waals surface area contributed by atoms with Gasteiger partial charge in [-0.25, -0.2) is 13.4 Å². The molecule has 0 unspecified atom stereocenters. The lowest BCUT2D eigenvalue weighted by molar-refractivity contribution is 0.402. The summed E-state index contributed by atoms with van der Waals surface area (Å²) in [5.41, 5.74) is 5.18. The van der Waals surface area contributed by atoms with Gasteiger partial charge in [0.2, 0.25) is 0 Å². The van der Waals surface area contributed by atoms with Gasteiger partial charge in [0.05, 0.1) is 18.1 Å². The Morgan fingerprint density at radius 1 is 0.931 bits per heavy atom. The Labute approximate surface area is 169 Å². The predicted molar refractivity (Wildman–Crippen MR) is 115 cm³/mol. The molecule has 3 aromatic carbocycles. The summed E-state index contributed by atoms with van der Waals surface area (Å²) in [6.07, 6.45) is 0. The highest BCUT2D eigenvalue weighted by Crippen LogP contribution is 2.28. The van der Waals surface area contributed by atoms with Crippen molar-refractivity contribution in [1.82, 2.24) is 9.97 Å². The van der Waals surface area contributed by atoms with Crippen molar-refractivity contribution in [1.29, 1.82) is 0 Å². The van der Waals surface area contributed by atoms with Gasteiger partial charge in [-0.1, -0.05) is 12.1 Å². The van der Waals surface area contributed by atoms with Gasteiger partial charge in [-0.2, -0.15) is 0 Å². The van der Waals surface area contributed by atoms with E-state index in [-0.39, 0.29) is 4.90 Å². The number of ether oxygens (including phenoxy) is 1. The van der Waals surface area contributed by atoms with Crippen LogP contribution in [0.2, 0.25) is 0 Å². The van der Waals surface area contributed by atoms with E-state index < -0.39 is 10.0 Å². The molecule has 0 fully saturated rings. The standard InChI is InChI=1S/C22H21N3O3S/c1-14-4-10-18-19(12-14)24-22(23-18)16-6-8-17(9-7-16)25-29(26,27)21-13-15(2)5-11-20(21)28-3/h4-13,25H,1-3H3,(H,23,24). The van der Waals surface area contributed by atoms with Crippen molar-refractivity contribution >= 4 is 26.7 Å². The van der Waals surface area contributed by atoms with Gasteiger partial charge in [0.25, 0.3) is 10.0 Å². The molecule has 0 aliphatic carbocycles. The summed E-state index contributed by atoms with van der Waals surface area (Å²) in [4.78, 5) is 8.01. The highest BCUT2D eigenvalue weighted by atomic mass is 32.2. The summed E-state index contributed by atoms with van der Waals surface area (Å²) in [6, 6.07) is 18.2.